The van der Waals surface area contributed by atoms with Crippen molar-refractivity contribution >= 4 is 31.9 Å². The summed E-state index contributed by atoms with van der Waals surface area (Å²) in [4.78, 5) is 0. The zero-order chi connectivity index (χ0) is 14.0. The predicted molar refractivity (Wildman–Crippen MR) is 85.3 cm³/mol. The van der Waals surface area contributed by atoms with Crippen LogP contribution in [0.2, 0.25) is 0 Å². The first-order valence-electron chi connectivity index (χ1n) is 6.20. The summed E-state index contributed by atoms with van der Waals surface area (Å²) in [6.45, 7) is 5.12. The first kappa shape index (κ1) is 14.8. The number of hydrogen-bond donors (Lipinski definition) is 1. The standard InChI is InChI=1S/C14H17Br2N3/c1-4-17-13(14-12(16)8-18-19(14)3)10-5-9(2)6-11(15)7-10/h5-8,13,17H,4H2,1-3H3. The van der Waals surface area contributed by atoms with Crippen molar-refractivity contribution in [3.8, 4) is 0 Å². The van der Waals surface area contributed by atoms with Crippen LogP contribution in [-0.4, -0.2) is 16.3 Å². The van der Waals surface area contributed by atoms with Crippen molar-refractivity contribution < 1.29 is 0 Å². The summed E-state index contributed by atoms with van der Waals surface area (Å²) in [7, 11) is 1.97. The van der Waals surface area contributed by atoms with Crippen molar-refractivity contribution in [2.24, 2.45) is 7.05 Å². The molecular formula is C14H17Br2N3. The maximum atomic E-state index is 4.31. The zero-order valence-electron chi connectivity index (χ0n) is 11.2. The number of rotatable bonds is 4. The Balaban J connectivity index is 2.51. The van der Waals surface area contributed by atoms with E-state index in [4.69, 9.17) is 0 Å². The third-order valence-corrected chi connectivity index (χ3v) is 4.09. The highest BCUT2D eigenvalue weighted by atomic mass is 79.9. The summed E-state index contributed by atoms with van der Waals surface area (Å²) in [6, 6.07) is 6.60. The Hall–Kier alpha value is -0.650. The molecule has 1 heterocycles. The highest BCUT2D eigenvalue weighted by Gasteiger charge is 2.20. The van der Waals surface area contributed by atoms with Gasteiger partial charge in [0.15, 0.2) is 0 Å². The molecule has 0 aliphatic carbocycles. The Kier molecular flexibility index (Phi) is 4.81. The van der Waals surface area contributed by atoms with Gasteiger partial charge in [-0.2, -0.15) is 5.10 Å². The van der Waals surface area contributed by atoms with E-state index in [1.807, 2.05) is 17.9 Å². The molecule has 1 aromatic carbocycles. The third kappa shape index (κ3) is 3.27. The first-order chi connectivity index (χ1) is 9.02. The molecule has 1 N–H and O–H groups in total. The van der Waals surface area contributed by atoms with Gasteiger partial charge in [-0.3, -0.25) is 4.68 Å². The minimum Gasteiger partial charge on any atom is -0.305 e. The van der Waals surface area contributed by atoms with Gasteiger partial charge in [0.2, 0.25) is 0 Å². The van der Waals surface area contributed by atoms with Gasteiger partial charge in [-0.15, -0.1) is 0 Å². The monoisotopic (exact) mass is 385 g/mol. The summed E-state index contributed by atoms with van der Waals surface area (Å²) >= 11 is 7.16. The van der Waals surface area contributed by atoms with E-state index < -0.39 is 0 Å². The summed E-state index contributed by atoms with van der Waals surface area (Å²) in [5.41, 5.74) is 3.61. The molecule has 2 rings (SSSR count). The van der Waals surface area contributed by atoms with E-state index in [9.17, 15) is 0 Å². The highest BCUT2D eigenvalue weighted by Crippen LogP contribution is 2.30. The van der Waals surface area contributed by atoms with Crippen molar-refractivity contribution in [1.82, 2.24) is 15.1 Å². The Morgan fingerprint density at radius 3 is 2.58 bits per heavy atom. The molecule has 1 aromatic heterocycles. The van der Waals surface area contributed by atoms with Gasteiger partial charge in [-0.1, -0.05) is 28.9 Å². The molecular weight excluding hydrogens is 370 g/mol. The molecule has 0 amide bonds. The van der Waals surface area contributed by atoms with Crippen LogP contribution < -0.4 is 5.32 Å². The molecule has 2 aromatic rings. The fraction of sp³-hybridized carbons (Fsp3) is 0.357. The molecule has 102 valence electrons. The normalized spacial score (nSPS) is 12.7. The lowest BCUT2D eigenvalue weighted by Crippen LogP contribution is -2.24. The number of nitrogens with zero attached hydrogens (tertiary/aromatic N) is 2. The molecule has 0 fully saturated rings. The van der Waals surface area contributed by atoms with Crippen molar-refractivity contribution in [3.05, 3.63) is 50.2 Å². The molecule has 1 unspecified atom stereocenters. The number of aryl methyl sites for hydroxylation is 2. The van der Waals surface area contributed by atoms with Crippen LogP contribution in [0.25, 0.3) is 0 Å². The minimum absolute atomic E-state index is 0.128. The molecule has 0 radical (unpaired) electrons. The van der Waals surface area contributed by atoms with Gasteiger partial charge in [0.1, 0.15) is 0 Å². The van der Waals surface area contributed by atoms with Gasteiger partial charge in [-0.25, -0.2) is 0 Å². The van der Waals surface area contributed by atoms with Crippen molar-refractivity contribution in [1.29, 1.82) is 0 Å². The minimum atomic E-state index is 0.128. The van der Waals surface area contributed by atoms with Gasteiger partial charge in [0.05, 0.1) is 22.4 Å². The second-order valence-corrected chi connectivity index (χ2v) is 6.32. The maximum absolute atomic E-state index is 4.31. The smallest absolute Gasteiger partial charge is 0.0760 e. The third-order valence-electron chi connectivity index (χ3n) is 3.02. The largest absolute Gasteiger partial charge is 0.305 e. The second-order valence-electron chi connectivity index (χ2n) is 4.55. The fourth-order valence-electron chi connectivity index (χ4n) is 2.25. The lowest BCUT2D eigenvalue weighted by Gasteiger charge is -2.20. The summed E-state index contributed by atoms with van der Waals surface area (Å²) in [5.74, 6) is 0. The van der Waals surface area contributed by atoms with Gasteiger partial charge in [0.25, 0.3) is 0 Å². The molecule has 0 aliphatic heterocycles. The van der Waals surface area contributed by atoms with E-state index in [2.05, 4.69) is 74.3 Å². The number of nitrogens with one attached hydrogen (secondary N) is 1. The van der Waals surface area contributed by atoms with Crippen molar-refractivity contribution in [3.63, 3.8) is 0 Å². The predicted octanol–water partition coefficient (Wildman–Crippen LogP) is 3.95. The Morgan fingerprint density at radius 2 is 2.05 bits per heavy atom. The molecule has 0 bridgehead atoms. The Morgan fingerprint density at radius 1 is 1.32 bits per heavy atom. The fourth-order valence-corrected chi connectivity index (χ4v) is 3.46. The average Bonchev–Trinajstić information content (AvgIpc) is 2.65. The molecule has 0 aliphatic rings. The molecule has 1 atom stereocenters. The van der Waals surface area contributed by atoms with Gasteiger partial charge >= 0.3 is 0 Å². The van der Waals surface area contributed by atoms with Crippen LogP contribution in [0.5, 0.6) is 0 Å². The first-order valence-corrected chi connectivity index (χ1v) is 7.79. The Labute approximate surface area is 130 Å². The Bertz CT molecular complexity index is 538. The van der Waals surface area contributed by atoms with E-state index in [1.54, 1.807) is 0 Å². The van der Waals surface area contributed by atoms with Gasteiger partial charge < -0.3 is 5.32 Å². The summed E-state index contributed by atoms with van der Waals surface area (Å²) in [6.07, 6.45) is 1.84. The van der Waals surface area contributed by atoms with Gasteiger partial charge in [0, 0.05) is 11.5 Å². The highest BCUT2D eigenvalue weighted by molar-refractivity contribution is 9.10. The number of aromatic nitrogens is 2. The second kappa shape index (κ2) is 6.20. The van der Waals surface area contributed by atoms with Crippen LogP contribution >= 0.6 is 31.9 Å². The topological polar surface area (TPSA) is 29.9 Å². The molecule has 5 heteroatoms. The molecule has 0 spiro atoms. The van der Waals surface area contributed by atoms with Crippen LogP contribution in [0.15, 0.2) is 33.3 Å². The van der Waals surface area contributed by atoms with Crippen LogP contribution in [0.3, 0.4) is 0 Å². The van der Waals surface area contributed by atoms with E-state index >= 15 is 0 Å². The number of hydrogen-bond acceptors (Lipinski definition) is 2. The molecule has 19 heavy (non-hydrogen) atoms. The zero-order valence-corrected chi connectivity index (χ0v) is 14.4. The van der Waals surface area contributed by atoms with E-state index in [1.165, 1.54) is 11.1 Å². The van der Waals surface area contributed by atoms with E-state index in [0.717, 1.165) is 21.2 Å². The lowest BCUT2D eigenvalue weighted by molar-refractivity contribution is 0.570. The molecule has 0 saturated carbocycles. The van der Waals surface area contributed by atoms with Crippen LogP contribution in [0, 0.1) is 6.92 Å². The van der Waals surface area contributed by atoms with Crippen LogP contribution in [-0.2, 0) is 7.05 Å². The van der Waals surface area contributed by atoms with Gasteiger partial charge in [-0.05, 0) is 52.7 Å². The van der Waals surface area contributed by atoms with Crippen LogP contribution in [0.4, 0.5) is 0 Å². The summed E-state index contributed by atoms with van der Waals surface area (Å²) in [5, 5.41) is 7.83. The number of halogens is 2. The lowest BCUT2D eigenvalue weighted by atomic mass is 10.0. The number of benzene rings is 1. The SMILES string of the molecule is CCNC(c1cc(C)cc(Br)c1)c1c(Br)cnn1C. The molecule has 0 saturated heterocycles. The maximum Gasteiger partial charge on any atom is 0.0760 e. The molecule has 3 nitrogen and oxygen atoms in total. The quantitative estimate of drug-likeness (QED) is 0.861. The van der Waals surface area contributed by atoms with Crippen LogP contribution in [0.1, 0.15) is 29.8 Å². The van der Waals surface area contributed by atoms with Crippen molar-refractivity contribution in [2.45, 2.75) is 19.9 Å². The summed E-state index contributed by atoms with van der Waals surface area (Å²) < 4.78 is 4.04. The van der Waals surface area contributed by atoms with E-state index in [0.29, 0.717) is 0 Å². The van der Waals surface area contributed by atoms with E-state index in [-0.39, 0.29) is 6.04 Å². The van der Waals surface area contributed by atoms with Crippen molar-refractivity contribution in [2.75, 3.05) is 6.54 Å². The average molecular weight is 387 g/mol.